The third-order valence-corrected chi connectivity index (χ3v) is 3.72. The molecule has 2 rings (SSSR count). The van der Waals surface area contributed by atoms with E-state index in [1.54, 1.807) is 32.4 Å². The molecule has 5 nitrogen and oxygen atoms in total. The Morgan fingerprint density at radius 1 is 0.960 bits per heavy atom. The second-order valence-corrected chi connectivity index (χ2v) is 6.00. The zero-order valence-electron chi connectivity index (χ0n) is 15.3. The molecular weight excluding hydrogens is 318 g/mol. The highest BCUT2D eigenvalue weighted by molar-refractivity contribution is 5.95. The molecule has 0 fully saturated rings. The van der Waals surface area contributed by atoms with Crippen LogP contribution < -0.4 is 19.5 Å². The van der Waals surface area contributed by atoms with Crippen molar-refractivity contribution in [2.45, 2.75) is 32.9 Å². The molecule has 0 saturated heterocycles. The molecule has 1 unspecified atom stereocenters. The normalized spacial score (nSPS) is 11.8. The summed E-state index contributed by atoms with van der Waals surface area (Å²) in [7, 11) is 3.11. The number of hydrogen-bond acceptors (Lipinski definition) is 4. The highest BCUT2D eigenvalue weighted by atomic mass is 16.5. The van der Waals surface area contributed by atoms with Gasteiger partial charge in [0.05, 0.1) is 26.4 Å². The summed E-state index contributed by atoms with van der Waals surface area (Å²) in [6.45, 7) is 5.90. The summed E-state index contributed by atoms with van der Waals surface area (Å²) in [5, 5.41) is 2.99. The molecule has 0 aliphatic rings. The molecule has 5 heteroatoms. The second-order valence-electron chi connectivity index (χ2n) is 6.00. The SMILES string of the molecule is COc1ccc(C(=O)NC(C)c2cccc(OC(C)C)c2)cc1OC. The third-order valence-electron chi connectivity index (χ3n) is 3.72. The van der Waals surface area contributed by atoms with Crippen LogP contribution in [0.1, 0.15) is 42.7 Å². The largest absolute Gasteiger partial charge is 0.493 e. The summed E-state index contributed by atoms with van der Waals surface area (Å²) in [6, 6.07) is 12.7. The molecule has 0 heterocycles. The van der Waals surface area contributed by atoms with Gasteiger partial charge in [-0.2, -0.15) is 0 Å². The zero-order chi connectivity index (χ0) is 18.4. The van der Waals surface area contributed by atoms with Gasteiger partial charge in [-0.05, 0) is 56.7 Å². The molecule has 0 bridgehead atoms. The van der Waals surface area contributed by atoms with Crippen LogP contribution in [0.25, 0.3) is 0 Å². The van der Waals surface area contributed by atoms with Crippen LogP contribution in [0, 0.1) is 0 Å². The first kappa shape index (κ1) is 18.6. The summed E-state index contributed by atoms with van der Waals surface area (Å²) in [4.78, 5) is 12.5. The molecule has 0 aliphatic heterocycles. The van der Waals surface area contributed by atoms with E-state index >= 15 is 0 Å². The van der Waals surface area contributed by atoms with Crippen molar-refractivity contribution in [3.63, 3.8) is 0 Å². The van der Waals surface area contributed by atoms with Crippen LogP contribution >= 0.6 is 0 Å². The first-order chi connectivity index (χ1) is 11.9. The van der Waals surface area contributed by atoms with Gasteiger partial charge >= 0.3 is 0 Å². The molecule has 2 aromatic rings. The topological polar surface area (TPSA) is 56.8 Å². The van der Waals surface area contributed by atoms with Crippen LogP contribution in [0.2, 0.25) is 0 Å². The number of carbonyl (C=O) groups is 1. The van der Waals surface area contributed by atoms with Crippen molar-refractivity contribution in [1.29, 1.82) is 0 Å². The Balaban J connectivity index is 2.12. The van der Waals surface area contributed by atoms with E-state index in [-0.39, 0.29) is 18.1 Å². The monoisotopic (exact) mass is 343 g/mol. The molecular formula is C20H25NO4. The Bertz CT molecular complexity index is 727. The van der Waals surface area contributed by atoms with Crippen molar-refractivity contribution >= 4 is 5.91 Å². The number of ether oxygens (including phenoxy) is 3. The van der Waals surface area contributed by atoms with E-state index in [0.717, 1.165) is 11.3 Å². The molecule has 0 radical (unpaired) electrons. The maximum atomic E-state index is 12.5. The number of nitrogens with one attached hydrogen (secondary N) is 1. The minimum Gasteiger partial charge on any atom is -0.493 e. The van der Waals surface area contributed by atoms with E-state index in [9.17, 15) is 4.79 Å². The Labute approximate surface area is 148 Å². The predicted molar refractivity (Wildman–Crippen MR) is 97.6 cm³/mol. The van der Waals surface area contributed by atoms with Crippen LogP contribution in [-0.4, -0.2) is 26.2 Å². The number of amides is 1. The summed E-state index contributed by atoms with van der Waals surface area (Å²) >= 11 is 0. The maximum absolute atomic E-state index is 12.5. The Hall–Kier alpha value is -2.69. The van der Waals surface area contributed by atoms with Gasteiger partial charge in [-0.25, -0.2) is 0 Å². The lowest BCUT2D eigenvalue weighted by atomic mass is 10.1. The van der Waals surface area contributed by atoms with Gasteiger partial charge in [0.15, 0.2) is 11.5 Å². The van der Waals surface area contributed by atoms with Gasteiger partial charge in [0.2, 0.25) is 0 Å². The molecule has 0 spiro atoms. The minimum absolute atomic E-state index is 0.104. The fourth-order valence-electron chi connectivity index (χ4n) is 2.47. The standard InChI is InChI=1S/C20H25NO4/c1-13(2)25-17-8-6-7-15(11-17)14(3)21-20(22)16-9-10-18(23-4)19(12-16)24-5/h6-14H,1-5H3,(H,21,22). The second kappa shape index (κ2) is 8.42. The first-order valence-corrected chi connectivity index (χ1v) is 8.24. The number of benzene rings is 2. The number of methoxy groups -OCH3 is 2. The lowest BCUT2D eigenvalue weighted by Crippen LogP contribution is -2.26. The third kappa shape index (κ3) is 4.89. The quantitative estimate of drug-likeness (QED) is 0.826. The van der Waals surface area contributed by atoms with E-state index in [1.165, 1.54) is 0 Å². The number of carbonyl (C=O) groups excluding carboxylic acids is 1. The highest BCUT2D eigenvalue weighted by Gasteiger charge is 2.14. The minimum atomic E-state index is -0.177. The average molecular weight is 343 g/mol. The Morgan fingerprint density at radius 3 is 2.32 bits per heavy atom. The summed E-state index contributed by atoms with van der Waals surface area (Å²) in [5.41, 5.74) is 1.49. The summed E-state index contributed by atoms with van der Waals surface area (Å²) < 4.78 is 16.2. The predicted octanol–water partition coefficient (Wildman–Crippen LogP) is 3.98. The molecule has 2 aromatic carbocycles. The lowest BCUT2D eigenvalue weighted by Gasteiger charge is -2.17. The summed E-state index contributed by atoms with van der Waals surface area (Å²) in [5.74, 6) is 1.73. The molecule has 1 N–H and O–H groups in total. The molecule has 134 valence electrons. The van der Waals surface area contributed by atoms with Gasteiger partial charge in [-0.3, -0.25) is 4.79 Å². The molecule has 0 aliphatic carbocycles. The van der Waals surface area contributed by atoms with E-state index < -0.39 is 0 Å². The van der Waals surface area contributed by atoms with Gasteiger partial charge < -0.3 is 19.5 Å². The van der Waals surface area contributed by atoms with Crippen molar-refractivity contribution in [2.24, 2.45) is 0 Å². The maximum Gasteiger partial charge on any atom is 0.251 e. The van der Waals surface area contributed by atoms with Crippen molar-refractivity contribution in [2.75, 3.05) is 14.2 Å². The molecule has 25 heavy (non-hydrogen) atoms. The van der Waals surface area contributed by atoms with Crippen molar-refractivity contribution < 1.29 is 19.0 Å². The van der Waals surface area contributed by atoms with Gasteiger partial charge in [0.25, 0.3) is 5.91 Å². The van der Waals surface area contributed by atoms with E-state index in [1.807, 2.05) is 45.0 Å². The van der Waals surface area contributed by atoms with E-state index in [4.69, 9.17) is 14.2 Å². The fraction of sp³-hybridized carbons (Fsp3) is 0.350. The number of rotatable bonds is 7. The Kier molecular flexibility index (Phi) is 6.28. The van der Waals surface area contributed by atoms with Crippen molar-refractivity contribution in [1.82, 2.24) is 5.32 Å². The fourth-order valence-corrected chi connectivity index (χ4v) is 2.47. The van der Waals surface area contributed by atoms with Gasteiger partial charge in [0, 0.05) is 5.56 Å². The van der Waals surface area contributed by atoms with Crippen LogP contribution in [-0.2, 0) is 0 Å². The molecule has 0 saturated carbocycles. The average Bonchev–Trinajstić information content (AvgIpc) is 2.60. The molecule has 1 amide bonds. The van der Waals surface area contributed by atoms with Gasteiger partial charge in [0.1, 0.15) is 5.75 Å². The highest BCUT2D eigenvalue weighted by Crippen LogP contribution is 2.28. The molecule has 1 atom stereocenters. The smallest absolute Gasteiger partial charge is 0.251 e. The van der Waals surface area contributed by atoms with Crippen molar-refractivity contribution in [3.8, 4) is 17.2 Å². The summed E-state index contributed by atoms with van der Waals surface area (Å²) in [6.07, 6.45) is 0.104. The number of hydrogen-bond donors (Lipinski definition) is 1. The zero-order valence-corrected chi connectivity index (χ0v) is 15.3. The lowest BCUT2D eigenvalue weighted by molar-refractivity contribution is 0.0939. The Morgan fingerprint density at radius 2 is 1.68 bits per heavy atom. The van der Waals surface area contributed by atoms with Crippen LogP contribution in [0.5, 0.6) is 17.2 Å². The van der Waals surface area contributed by atoms with E-state index in [0.29, 0.717) is 17.1 Å². The van der Waals surface area contributed by atoms with E-state index in [2.05, 4.69) is 5.32 Å². The van der Waals surface area contributed by atoms with Crippen LogP contribution in [0.15, 0.2) is 42.5 Å². The van der Waals surface area contributed by atoms with Gasteiger partial charge in [-0.15, -0.1) is 0 Å². The first-order valence-electron chi connectivity index (χ1n) is 8.24. The van der Waals surface area contributed by atoms with Crippen molar-refractivity contribution in [3.05, 3.63) is 53.6 Å². The van der Waals surface area contributed by atoms with Crippen LogP contribution in [0.4, 0.5) is 0 Å². The molecule has 0 aromatic heterocycles. The van der Waals surface area contributed by atoms with Gasteiger partial charge in [-0.1, -0.05) is 12.1 Å². The van der Waals surface area contributed by atoms with Crippen LogP contribution in [0.3, 0.4) is 0 Å².